The molecule has 0 bridgehead atoms. The van der Waals surface area contributed by atoms with Gasteiger partial charge in [0.15, 0.2) is 0 Å². The molecule has 11 heteroatoms. The summed E-state index contributed by atoms with van der Waals surface area (Å²) in [6, 6.07) is 0. The van der Waals surface area contributed by atoms with E-state index in [2.05, 4.69) is 22.2 Å². The van der Waals surface area contributed by atoms with Gasteiger partial charge in [-0.15, -0.1) is 22.7 Å². The fraction of sp³-hybridized carbons (Fsp3) is 0.458. The largest absolute Gasteiger partial charge is 0.462 e. The number of hydrogen-bond donors (Lipinski definition) is 1. The summed E-state index contributed by atoms with van der Waals surface area (Å²) in [5.41, 5.74) is 1.93. The van der Waals surface area contributed by atoms with Gasteiger partial charge in [-0.25, -0.2) is 19.6 Å². The van der Waals surface area contributed by atoms with Crippen molar-refractivity contribution in [3.8, 4) is 0 Å². The molecule has 1 unspecified atom stereocenters. The standard InChI is InChI=1S/C24H27N3O5S3/c1-5-31-23(29)17-13(4)19(24(30)32-6-2)35-22(17)27-16(28)10-33-20-18-14-8-7-12(3)9-15(14)34-21(18)26-11-25-20/h11-12H,5-10H2,1-4H3,(H,27,28). The summed E-state index contributed by atoms with van der Waals surface area (Å²) in [5, 5.41) is 4.93. The van der Waals surface area contributed by atoms with Crippen molar-refractivity contribution < 1.29 is 23.9 Å². The topological polar surface area (TPSA) is 107 Å². The minimum atomic E-state index is -0.587. The molecule has 1 N–H and O–H groups in total. The Hall–Kier alpha value is -2.50. The highest BCUT2D eigenvalue weighted by molar-refractivity contribution is 8.00. The summed E-state index contributed by atoms with van der Waals surface area (Å²) >= 11 is 4.08. The van der Waals surface area contributed by atoms with Crippen molar-refractivity contribution in [1.29, 1.82) is 0 Å². The van der Waals surface area contributed by atoms with Crippen molar-refractivity contribution in [1.82, 2.24) is 9.97 Å². The Labute approximate surface area is 215 Å². The highest BCUT2D eigenvalue weighted by Crippen LogP contribution is 2.40. The van der Waals surface area contributed by atoms with E-state index >= 15 is 0 Å². The number of ether oxygens (including phenoxy) is 2. The maximum absolute atomic E-state index is 12.9. The fourth-order valence-electron chi connectivity index (χ4n) is 4.09. The zero-order chi connectivity index (χ0) is 25.1. The molecule has 3 aromatic heterocycles. The average molecular weight is 534 g/mol. The minimum Gasteiger partial charge on any atom is -0.462 e. The van der Waals surface area contributed by atoms with E-state index in [1.165, 1.54) is 22.2 Å². The molecule has 1 amide bonds. The van der Waals surface area contributed by atoms with Crippen LogP contribution < -0.4 is 5.32 Å². The van der Waals surface area contributed by atoms with E-state index in [-0.39, 0.29) is 40.3 Å². The molecular weight excluding hydrogens is 506 g/mol. The molecule has 0 saturated heterocycles. The highest BCUT2D eigenvalue weighted by atomic mass is 32.2. The van der Waals surface area contributed by atoms with Crippen LogP contribution in [0.25, 0.3) is 10.2 Å². The molecule has 0 radical (unpaired) electrons. The van der Waals surface area contributed by atoms with Crippen LogP contribution in [0.15, 0.2) is 11.4 Å². The molecule has 0 aliphatic heterocycles. The summed E-state index contributed by atoms with van der Waals surface area (Å²) in [4.78, 5) is 49.4. The van der Waals surface area contributed by atoms with E-state index in [0.717, 1.165) is 45.8 Å². The monoisotopic (exact) mass is 533 g/mol. The van der Waals surface area contributed by atoms with Gasteiger partial charge in [0, 0.05) is 10.3 Å². The van der Waals surface area contributed by atoms with E-state index in [1.54, 1.807) is 38.4 Å². The van der Waals surface area contributed by atoms with Gasteiger partial charge in [-0.2, -0.15) is 0 Å². The van der Waals surface area contributed by atoms with Crippen molar-refractivity contribution in [3.05, 3.63) is 32.8 Å². The van der Waals surface area contributed by atoms with Crippen LogP contribution >= 0.6 is 34.4 Å². The maximum atomic E-state index is 12.9. The number of anilines is 1. The number of carbonyl (C=O) groups is 3. The number of hydrogen-bond acceptors (Lipinski definition) is 10. The van der Waals surface area contributed by atoms with Crippen molar-refractivity contribution in [3.63, 3.8) is 0 Å². The molecule has 4 rings (SSSR count). The molecule has 0 aromatic carbocycles. The molecule has 1 aliphatic rings. The van der Waals surface area contributed by atoms with Gasteiger partial charge in [0.2, 0.25) is 5.91 Å². The van der Waals surface area contributed by atoms with Crippen LogP contribution in [-0.4, -0.2) is 46.8 Å². The Kier molecular flexibility index (Phi) is 8.08. The second-order valence-corrected chi connectivity index (χ2v) is 11.3. The first-order valence-electron chi connectivity index (χ1n) is 11.5. The number of nitrogens with one attached hydrogen (secondary N) is 1. The number of thioether (sulfide) groups is 1. The number of nitrogens with zero attached hydrogens (tertiary/aromatic N) is 2. The van der Waals surface area contributed by atoms with Gasteiger partial charge >= 0.3 is 11.9 Å². The van der Waals surface area contributed by atoms with Crippen molar-refractivity contribution >= 4 is 67.5 Å². The predicted octanol–water partition coefficient (Wildman–Crippen LogP) is 5.27. The molecule has 0 fully saturated rings. The lowest BCUT2D eigenvalue weighted by Gasteiger charge is -2.18. The molecule has 1 aliphatic carbocycles. The van der Waals surface area contributed by atoms with E-state index in [1.807, 2.05) is 0 Å². The van der Waals surface area contributed by atoms with E-state index in [4.69, 9.17) is 9.47 Å². The summed E-state index contributed by atoms with van der Waals surface area (Å²) in [7, 11) is 0. The second kappa shape index (κ2) is 11.0. The summed E-state index contributed by atoms with van der Waals surface area (Å²) in [5.74, 6) is -0.664. The Balaban J connectivity index is 1.54. The van der Waals surface area contributed by atoms with Gasteiger partial charge in [-0.3, -0.25) is 4.79 Å². The second-order valence-electron chi connectivity index (χ2n) is 8.25. The zero-order valence-corrected chi connectivity index (χ0v) is 22.5. The number of fused-ring (bicyclic) bond motifs is 3. The van der Waals surface area contributed by atoms with Crippen molar-refractivity contribution in [2.24, 2.45) is 5.92 Å². The van der Waals surface area contributed by atoms with Crippen LogP contribution in [-0.2, 0) is 27.1 Å². The molecule has 3 aromatic rings. The molecule has 0 spiro atoms. The smallest absolute Gasteiger partial charge is 0.348 e. The Morgan fingerprint density at radius 3 is 2.63 bits per heavy atom. The Bertz CT molecular complexity index is 1280. The number of amides is 1. The lowest BCUT2D eigenvalue weighted by molar-refractivity contribution is -0.113. The zero-order valence-electron chi connectivity index (χ0n) is 20.1. The van der Waals surface area contributed by atoms with E-state index < -0.39 is 11.9 Å². The lowest BCUT2D eigenvalue weighted by Crippen LogP contribution is -2.16. The third kappa shape index (κ3) is 5.36. The quantitative estimate of drug-likeness (QED) is 0.237. The third-order valence-corrected chi connectivity index (χ3v) is 9.08. The number of carbonyl (C=O) groups excluding carboxylic acids is 3. The van der Waals surface area contributed by atoms with Gasteiger partial charge in [0.05, 0.1) is 24.5 Å². The van der Waals surface area contributed by atoms with Gasteiger partial charge in [-0.05, 0) is 57.1 Å². The summed E-state index contributed by atoms with van der Waals surface area (Å²) < 4.78 is 10.3. The van der Waals surface area contributed by atoms with Crippen molar-refractivity contribution in [2.75, 3.05) is 24.3 Å². The Morgan fingerprint density at radius 2 is 1.89 bits per heavy atom. The van der Waals surface area contributed by atoms with Crippen molar-refractivity contribution in [2.45, 2.75) is 52.0 Å². The fourth-order valence-corrected chi connectivity index (χ4v) is 7.44. The van der Waals surface area contributed by atoms with Gasteiger partial charge in [0.25, 0.3) is 0 Å². The van der Waals surface area contributed by atoms with E-state index in [0.29, 0.717) is 11.5 Å². The summed E-state index contributed by atoms with van der Waals surface area (Å²) in [6.07, 6.45) is 4.73. The molecule has 35 heavy (non-hydrogen) atoms. The molecule has 3 heterocycles. The number of aryl methyl sites for hydroxylation is 1. The number of thiophene rings is 2. The predicted molar refractivity (Wildman–Crippen MR) is 139 cm³/mol. The van der Waals surface area contributed by atoms with Crippen LogP contribution in [0.5, 0.6) is 0 Å². The molecule has 1 atom stereocenters. The summed E-state index contributed by atoms with van der Waals surface area (Å²) in [6.45, 7) is 7.72. The first kappa shape index (κ1) is 25.6. The molecule has 186 valence electrons. The van der Waals surface area contributed by atoms with Crippen LogP contribution in [0, 0.1) is 12.8 Å². The van der Waals surface area contributed by atoms with Gasteiger partial charge < -0.3 is 14.8 Å². The minimum absolute atomic E-state index is 0.0983. The average Bonchev–Trinajstić information content (AvgIpc) is 3.34. The van der Waals surface area contributed by atoms with Crippen LogP contribution in [0.4, 0.5) is 5.00 Å². The van der Waals surface area contributed by atoms with Crippen LogP contribution in [0.2, 0.25) is 0 Å². The maximum Gasteiger partial charge on any atom is 0.348 e. The van der Waals surface area contributed by atoms with Gasteiger partial charge in [0.1, 0.15) is 26.1 Å². The normalized spacial score (nSPS) is 15.0. The number of esters is 2. The van der Waals surface area contributed by atoms with Crippen LogP contribution in [0.1, 0.15) is 63.2 Å². The first-order valence-corrected chi connectivity index (χ1v) is 14.1. The number of rotatable bonds is 8. The molecule has 0 saturated carbocycles. The molecular formula is C24H27N3O5S3. The highest BCUT2D eigenvalue weighted by Gasteiger charge is 2.28. The SMILES string of the molecule is CCOC(=O)c1sc(NC(=O)CSc2ncnc3sc4c(c23)CCC(C)C4)c(C(=O)OCC)c1C. The van der Waals surface area contributed by atoms with E-state index in [9.17, 15) is 14.4 Å². The third-order valence-electron chi connectivity index (χ3n) is 5.74. The lowest BCUT2D eigenvalue weighted by atomic mass is 9.89. The Morgan fingerprint density at radius 1 is 1.14 bits per heavy atom. The molecule has 8 nitrogen and oxygen atoms in total. The first-order chi connectivity index (χ1) is 16.8. The number of aromatic nitrogens is 2. The van der Waals surface area contributed by atoms with Crippen LogP contribution in [0.3, 0.4) is 0 Å². The van der Waals surface area contributed by atoms with Gasteiger partial charge in [-0.1, -0.05) is 18.7 Å².